The minimum absolute atomic E-state index is 0.206. The fourth-order valence-electron chi connectivity index (χ4n) is 2.07. The van der Waals surface area contributed by atoms with Crippen LogP contribution < -0.4 is 5.32 Å². The fraction of sp³-hybridized carbons (Fsp3) is 0.0556. The summed E-state index contributed by atoms with van der Waals surface area (Å²) >= 11 is 3.40. The number of aromatic nitrogens is 2. The number of hydrogen-bond acceptors (Lipinski definition) is 4. The molecule has 1 N–H and O–H groups in total. The summed E-state index contributed by atoms with van der Waals surface area (Å²) in [6.07, 6.45) is 0.851. The predicted molar refractivity (Wildman–Crippen MR) is 95.4 cm³/mol. The Labute approximate surface area is 147 Å². The quantitative estimate of drug-likeness (QED) is 0.711. The monoisotopic (exact) mass is 383 g/mol. The zero-order chi connectivity index (χ0) is 16.8. The Bertz CT molecular complexity index is 823. The van der Waals surface area contributed by atoms with Crippen LogP contribution in [0, 0.1) is 0 Å². The Morgan fingerprint density at radius 1 is 1.04 bits per heavy atom. The summed E-state index contributed by atoms with van der Waals surface area (Å²) in [6, 6.07) is 18.9. The molecular formula is C18H14BrN3O2. The summed E-state index contributed by atoms with van der Waals surface area (Å²) in [7, 11) is 0. The minimum Gasteiger partial charge on any atom is -0.444 e. The van der Waals surface area contributed by atoms with Crippen LogP contribution in [0.2, 0.25) is 0 Å². The van der Waals surface area contributed by atoms with Gasteiger partial charge in [-0.15, -0.1) is 0 Å². The Morgan fingerprint density at radius 2 is 1.79 bits per heavy atom. The van der Waals surface area contributed by atoms with E-state index in [0.717, 1.165) is 21.3 Å². The molecule has 1 heterocycles. The lowest BCUT2D eigenvalue weighted by atomic mass is 10.1. The van der Waals surface area contributed by atoms with Crippen molar-refractivity contribution in [2.24, 2.45) is 0 Å². The molecule has 3 aromatic rings. The molecule has 0 unspecified atom stereocenters. The topological polar surface area (TPSA) is 64.1 Å². The number of ether oxygens (including phenoxy) is 1. The van der Waals surface area contributed by atoms with Gasteiger partial charge in [-0.3, -0.25) is 5.32 Å². The largest absolute Gasteiger partial charge is 0.444 e. The first kappa shape index (κ1) is 16.1. The molecule has 0 aliphatic rings. The van der Waals surface area contributed by atoms with Gasteiger partial charge in [0.2, 0.25) is 0 Å². The number of hydrogen-bond donors (Lipinski definition) is 1. The Hall–Kier alpha value is -2.73. The van der Waals surface area contributed by atoms with Gasteiger partial charge in [0.1, 0.15) is 18.8 Å². The molecule has 120 valence electrons. The molecule has 1 amide bonds. The number of nitrogens with zero attached hydrogens (tertiary/aromatic N) is 2. The van der Waals surface area contributed by atoms with E-state index in [4.69, 9.17) is 4.74 Å². The molecule has 0 spiro atoms. The summed E-state index contributed by atoms with van der Waals surface area (Å²) in [5, 5.41) is 2.61. The van der Waals surface area contributed by atoms with Gasteiger partial charge in [-0.2, -0.15) is 0 Å². The lowest BCUT2D eigenvalue weighted by Crippen LogP contribution is -2.14. The Morgan fingerprint density at radius 3 is 2.54 bits per heavy atom. The van der Waals surface area contributed by atoms with Gasteiger partial charge < -0.3 is 4.74 Å². The van der Waals surface area contributed by atoms with Crippen LogP contribution in [0.3, 0.4) is 0 Å². The minimum atomic E-state index is -0.556. The van der Waals surface area contributed by atoms with Gasteiger partial charge in [0, 0.05) is 16.1 Å². The number of anilines is 1. The third-order valence-electron chi connectivity index (χ3n) is 3.25. The van der Waals surface area contributed by atoms with Crippen LogP contribution in [0.4, 0.5) is 10.6 Å². The number of benzene rings is 2. The number of nitrogens with one attached hydrogen (secondary N) is 1. The smallest absolute Gasteiger partial charge is 0.413 e. The summed E-state index contributed by atoms with van der Waals surface area (Å²) in [6.45, 7) is 0.206. The molecule has 1 aromatic heterocycles. The van der Waals surface area contributed by atoms with Gasteiger partial charge in [0.25, 0.3) is 0 Å². The van der Waals surface area contributed by atoms with Crippen molar-refractivity contribution >= 4 is 27.8 Å². The molecule has 0 fully saturated rings. The van der Waals surface area contributed by atoms with Crippen molar-refractivity contribution in [2.75, 3.05) is 5.32 Å². The van der Waals surface area contributed by atoms with E-state index in [-0.39, 0.29) is 6.61 Å². The van der Waals surface area contributed by atoms with E-state index >= 15 is 0 Å². The second kappa shape index (κ2) is 7.70. The highest BCUT2D eigenvalue weighted by atomic mass is 79.9. The molecule has 5 nitrogen and oxygen atoms in total. The molecule has 0 radical (unpaired) electrons. The van der Waals surface area contributed by atoms with Crippen molar-refractivity contribution in [1.29, 1.82) is 0 Å². The second-order valence-corrected chi connectivity index (χ2v) is 5.90. The number of carbonyl (C=O) groups excluding carboxylic acids is 1. The number of carbonyl (C=O) groups is 1. The van der Waals surface area contributed by atoms with Crippen molar-refractivity contribution in [2.45, 2.75) is 6.61 Å². The van der Waals surface area contributed by atoms with E-state index < -0.39 is 6.09 Å². The van der Waals surface area contributed by atoms with Gasteiger partial charge in [-0.05, 0) is 17.7 Å². The molecule has 24 heavy (non-hydrogen) atoms. The van der Waals surface area contributed by atoms with E-state index in [1.54, 1.807) is 6.07 Å². The van der Waals surface area contributed by atoms with Crippen LogP contribution in [0.1, 0.15) is 5.56 Å². The van der Waals surface area contributed by atoms with Crippen LogP contribution in [0.15, 0.2) is 71.5 Å². The summed E-state index contributed by atoms with van der Waals surface area (Å²) in [5.74, 6) is 0.390. The standard InChI is InChI=1S/C18H14BrN3O2/c19-15-8-6-14(7-9-15)16-10-17(21-12-20-16)22-18(23)24-11-13-4-2-1-3-5-13/h1-10,12H,11H2,(H,20,21,22,23). The van der Waals surface area contributed by atoms with E-state index in [2.05, 4.69) is 31.2 Å². The highest BCUT2D eigenvalue weighted by molar-refractivity contribution is 9.10. The predicted octanol–water partition coefficient (Wildman–Crippen LogP) is 4.65. The van der Waals surface area contributed by atoms with E-state index in [0.29, 0.717) is 5.82 Å². The average molecular weight is 384 g/mol. The first-order valence-corrected chi connectivity index (χ1v) is 8.06. The number of rotatable bonds is 4. The second-order valence-electron chi connectivity index (χ2n) is 4.98. The van der Waals surface area contributed by atoms with Crippen molar-refractivity contribution in [3.8, 4) is 11.3 Å². The highest BCUT2D eigenvalue weighted by Gasteiger charge is 2.07. The maximum absolute atomic E-state index is 11.9. The number of halogens is 1. The molecule has 3 rings (SSSR count). The van der Waals surface area contributed by atoms with Crippen LogP contribution in [-0.2, 0) is 11.3 Å². The average Bonchev–Trinajstić information content (AvgIpc) is 2.62. The summed E-state index contributed by atoms with van der Waals surface area (Å²) in [4.78, 5) is 20.1. The highest BCUT2D eigenvalue weighted by Crippen LogP contribution is 2.21. The fourth-order valence-corrected chi connectivity index (χ4v) is 2.33. The van der Waals surface area contributed by atoms with Crippen molar-refractivity contribution < 1.29 is 9.53 Å². The molecule has 0 bridgehead atoms. The van der Waals surface area contributed by atoms with E-state index in [1.165, 1.54) is 6.33 Å². The van der Waals surface area contributed by atoms with Crippen molar-refractivity contribution in [3.63, 3.8) is 0 Å². The van der Waals surface area contributed by atoms with Crippen LogP contribution in [0.25, 0.3) is 11.3 Å². The zero-order valence-corrected chi connectivity index (χ0v) is 14.2. The molecule has 2 aromatic carbocycles. The molecule has 0 saturated heterocycles. The van der Waals surface area contributed by atoms with E-state index in [9.17, 15) is 4.79 Å². The third kappa shape index (κ3) is 4.39. The molecule has 0 aliphatic heterocycles. The lowest BCUT2D eigenvalue weighted by molar-refractivity contribution is 0.155. The molecule has 6 heteroatoms. The zero-order valence-electron chi connectivity index (χ0n) is 12.6. The SMILES string of the molecule is O=C(Nc1cc(-c2ccc(Br)cc2)ncn1)OCc1ccccc1. The van der Waals surface area contributed by atoms with Gasteiger partial charge in [0.05, 0.1) is 5.69 Å². The van der Waals surface area contributed by atoms with Crippen molar-refractivity contribution in [1.82, 2.24) is 9.97 Å². The normalized spacial score (nSPS) is 10.2. The van der Waals surface area contributed by atoms with Gasteiger partial charge in [0.15, 0.2) is 0 Å². The Kier molecular flexibility index (Phi) is 5.18. The third-order valence-corrected chi connectivity index (χ3v) is 3.78. The summed E-state index contributed by atoms with van der Waals surface area (Å²) < 4.78 is 6.17. The molecule has 0 aliphatic carbocycles. The van der Waals surface area contributed by atoms with Gasteiger partial charge in [-0.1, -0.05) is 58.4 Å². The van der Waals surface area contributed by atoms with Crippen LogP contribution in [-0.4, -0.2) is 16.1 Å². The van der Waals surface area contributed by atoms with Crippen LogP contribution in [0.5, 0.6) is 0 Å². The lowest BCUT2D eigenvalue weighted by Gasteiger charge is -2.07. The van der Waals surface area contributed by atoms with Gasteiger partial charge >= 0.3 is 6.09 Å². The van der Waals surface area contributed by atoms with Gasteiger partial charge in [-0.25, -0.2) is 14.8 Å². The molecular weight excluding hydrogens is 370 g/mol. The maximum Gasteiger partial charge on any atom is 0.413 e. The first-order valence-electron chi connectivity index (χ1n) is 7.26. The van der Waals surface area contributed by atoms with Crippen molar-refractivity contribution in [3.05, 3.63) is 77.0 Å². The summed E-state index contributed by atoms with van der Waals surface area (Å²) in [5.41, 5.74) is 2.57. The van der Waals surface area contributed by atoms with Crippen LogP contribution >= 0.6 is 15.9 Å². The first-order chi connectivity index (χ1) is 11.7. The van der Waals surface area contributed by atoms with E-state index in [1.807, 2.05) is 54.6 Å². The molecule has 0 atom stereocenters. The molecule has 0 saturated carbocycles. The maximum atomic E-state index is 11.9. The Balaban J connectivity index is 1.64. The number of amides is 1.